The van der Waals surface area contributed by atoms with E-state index in [1.165, 1.54) is 31.4 Å². The average Bonchev–Trinajstić information content (AvgIpc) is 3.26. The number of hydrogen-bond donors (Lipinski definition) is 3. The molecule has 2 aliphatic carbocycles. The highest BCUT2D eigenvalue weighted by Gasteiger charge is 2.43. The third-order valence-electron chi connectivity index (χ3n) is 4.85. The maximum absolute atomic E-state index is 12.2. The lowest BCUT2D eigenvalue weighted by Crippen LogP contribution is -2.34. The molecule has 0 bridgehead atoms. The molecule has 0 heterocycles. The van der Waals surface area contributed by atoms with Crippen LogP contribution >= 0.6 is 23.2 Å². The van der Waals surface area contributed by atoms with Crippen molar-refractivity contribution in [2.45, 2.75) is 25.7 Å². The number of rotatable bonds is 6. The van der Waals surface area contributed by atoms with Crippen molar-refractivity contribution in [2.24, 2.45) is 17.8 Å². The van der Waals surface area contributed by atoms with E-state index in [2.05, 4.69) is 10.6 Å². The first-order chi connectivity index (χ1) is 11.5. The summed E-state index contributed by atoms with van der Waals surface area (Å²) in [5.74, 6) is 0.104. The molecule has 2 aliphatic rings. The van der Waals surface area contributed by atoms with Gasteiger partial charge >= 0.3 is 0 Å². The van der Waals surface area contributed by atoms with Crippen molar-refractivity contribution in [3.8, 4) is 5.75 Å². The zero-order chi connectivity index (χ0) is 17.3. The molecule has 2 atom stereocenters. The van der Waals surface area contributed by atoms with Crippen LogP contribution in [0.4, 0.5) is 0 Å². The number of phenols is 1. The highest BCUT2D eigenvalue weighted by Crippen LogP contribution is 2.38. The van der Waals surface area contributed by atoms with Crippen molar-refractivity contribution in [2.75, 3.05) is 13.1 Å². The molecule has 2 amide bonds. The number of hydrogen-bond acceptors (Lipinski definition) is 3. The lowest BCUT2D eigenvalue weighted by molar-refractivity contribution is -0.122. The summed E-state index contributed by atoms with van der Waals surface area (Å²) in [7, 11) is 0. The maximum atomic E-state index is 12.2. The van der Waals surface area contributed by atoms with Gasteiger partial charge in [0.15, 0.2) is 0 Å². The molecular formula is C17H20Cl2N2O3. The van der Waals surface area contributed by atoms with Gasteiger partial charge in [-0.3, -0.25) is 9.59 Å². The highest BCUT2D eigenvalue weighted by atomic mass is 35.5. The summed E-state index contributed by atoms with van der Waals surface area (Å²) in [6.45, 7) is 1.16. The van der Waals surface area contributed by atoms with Crippen molar-refractivity contribution in [3.63, 3.8) is 0 Å². The van der Waals surface area contributed by atoms with E-state index in [9.17, 15) is 14.7 Å². The van der Waals surface area contributed by atoms with Gasteiger partial charge in [0, 0.05) is 24.0 Å². The molecule has 0 saturated heterocycles. The number of benzene rings is 1. The zero-order valence-corrected chi connectivity index (χ0v) is 14.7. The van der Waals surface area contributed by atoms with Crippen LogP contribution in [0.1, 0.15) is 36.0 Å². The van der Waals surface area contributed by atoms with Crippen LogP contribution in [0.5, 0.6) is 5.75 Å². The fourth-order valence-electron chi connectivity index (χ4n) is 2.93. The molecule has 1 aromatic rings. The molecule has 130 valence electrons. The van der Waals surface area contributed by atoms with Crippen molar-refractivity contribution in [1.82, 2.24) is 10.6 Å². The summed E-state index contributed by atoms with van der Waals surface area (Å²) in [4.78, 5) is 24.2. The molecule has 0 spiro atoms. The molecule has 2 unspecified atom stereocenters. The third kappa shape index (κ3) is 3.95. The van der Waals surface area contributed by atoms with Gasteiger partial charge in [0.1, 0.15) is 5.75 Å². The first-order valence-electron chi connectivity index (χ1n) is 8.19. The van der Waals surface area contributed by atoms with Crippen LogP contribution in [0.2, 0.25) is 10.0 Å². The van der Waals surface area contributed by atoms with Crippen LogP contribution in [0.25, 0.3) is 0 Å². The van der Waals surface area contributed by atoms with Gasteiger partial charge < -0.3 is 15.7 Å². The second-order valence-electron chi connectivity index (χ2n) is 6.64. The Morgan fingerprint density at radius 2 is 1.92 bits per heavy atom. The van der Waals surface area contributed by atoms with E-state index in [0.717, 1.165) is 13.0 Å². The Morgan fingerprint density at radius 1 is 1.17 bits per heavy atom. The predicted molar refractivity (Wildman–Crippen MR) is 92.4 cm³/mol. The summed E-state index contributed by atoms with van der Waals surface area (Å²) in [6.07, 6.45) is 4.45. The van der Waals surface area contributed by atoms with E-state index >= 15 is 0 Å². The first-order valence-corrected chi connectivity index (χ1v) is 8.95. The fourth-order valence-corrected chi connectivity index (χ4v) is 3.42. The smallest absolute Gasteiger partial charge is 0.255 e. The van der Waals surface area contributed by atoms with Crippen molar-refractivity contribution in [3.05, 3.63) is 27.7 Å². The molecule has 0 radical (unpaired) electrons. The molecule has 24 heavy (non-hydrogen) atoms. The summed E-state index contributed by atoms with van der Waals surface area (Å²) in [5, 5.41) is 15.9. The SMILES string of the molecule is O=C(NCC1CC1C(=O)NCC1CCC1)c1cc(Cl)cc(Cl)c1O. The van der Waals surface area contributed by atoms with E-state index in [0.29, 0.717) is 12.5 Å². The molecule has 0 aromatic heterocycles. The number of amides is 2. The van der Waals surface area contributed by atoms with Crippen LogP contribution < -0.4 is 10.6 Å². The minimum absolute atomic E-state index is 0.0260. The quantitative estimate of drug-likeness (QED) is 0.720. The molecule has 3 N–H and O–H groups in total. The van der Waals surface area contributed by atoms with Gasteiger partial charge in [-0.2, -0.15) is 0 Å². The molecule has 1 aromatic carbocycles. The van der Waals surface area contributed by atoms with Crippen molar-refractivity contribution in [1.29, 1.82) is 0 Å². The highest BCUT2D eigenvalue weighted by molar-refractivity contribution is 6.36. The lowest BCUT2D eigenvalue weighted by atomic mass is 9.85. The van der Waals surface area contributed by atoms with E-state index in [-0.39, 0.29) is 39.1 Å². The van der Waals surface area contributed by atoms with Gasteiger partial charge in [0.2, 0.25) is 5.91 Å². The van der Waals surface area contributed by atoms with E-state index in [4.69, 9.17) is 23.2 Å². The number of carbonyl (C=O) groups excluding carboxylic acids is 2. The number of nitrogens with one attached hydrogen (secondary N) is 2. The largest absolute Gasteiger partial charge is 0.506 e. The summed E-state index contributed by atoms with van der Waals surface area (Å²) >= 11 is 11.7. The number of aromatic hydroxyl groups is 1. The molecule has 5 nitrogen and oxygen atoms in total. The summed E-state index contributed by atoms with van der Waals surface area (Å²) < 4.78 is 0. The van der Waals surface area contributed by atoms with Gasteiger partial charge in [-0.05, 0) is 43.2 Å². The van der Waals surface area contributed by atoms with E-state index in [1.807, 2.05) is 0 Å². The van der Waals surface area contributed by atoms with Crippen LogP contribution in [-0.2, 0) is 4.79 Å². The molecule has 2 saturated carbocycles. The number of halogens is 2. The Labute approximate surface area is 150 Å². The van der Waals surface area contributed by atoms with E-state index < -0.39 is 5.91 Å². The van der Waals surface area contributed by atoms with Gasteiger partial charge in [-0.15, -0.1) is 0 Å². The van der Waals surface area contributed by atoms with E-state index in [1.54, 1.807) is 0 Å². The van der Waals surface area contributed by atoms with Gasteiger partial charge in [-0.1, -0.05) is 29.6 Å². The number of phenolic OH excluding ortho intramolecular Hbond substituents is 1. The van der Waals surface area contributed by atoms with Gasteiger partial charge in [0.05, 0.1) is 10.6 Å². The zero-order valence-electron chi connectivity index (χ0n) is 13.1. The van der Waals surface area contributed by atoms with Crippen molar-refractivity contribution < 1.29 is 14.7 Å². The predicted octanol–water partition coefficient (Wildman–Crippen LogP) is 2.98. The Balaban J connectivity index is 1.45. The van der Waals surface area contributed by atoms with Gasteiger partial charge in [0.25, 0.3) is 5.91 Å². The van der Waals surface area contributed by atoms with Crippen LogP contribution in [0, 0.1) is 17.8 Å². The Hall–Kier alpha value is -1.46. The normalized spacial score (nSPS) is 22.6. The molecular weight excluding hydrogens is 351 g/mol. The second kappa shape index (κ2) is 7.19. The van der Waals surface area contributed by atoms with Crippen molar-refractivity contribution >= 4 is 35.0 Å². The molecule has 7 heteroatoms. The second-order valence-corrected chi connectivity index (χ2v) is 7.48. The Kier molecular flexibility index (Phi) is 5.21. The monoisotopic (exact) mass is 370 g/mol. The first kappa shape index (κ1) is 17.4. The summed E-state index contributed by atoms with van der Waals surface area (Å²) in [6, 6.07) is 2.74. The van der Waals surface area contributed by atoms with Crippen LogP contribution in [0.15, 0.2) is 12.1 Å². The minimum atomic E-state index is -0.447. The minimum Gasteiger partial charge on any atom is -0.506 e. The molecule has 3 rings (SSSR count). The van der Waals surface area contributed by atoms with Crippen LogP contribution in [0.3, 0.4) is 0 Å². The summed E-state index contributed by atoms with van der Waals surface area (Å²) in [5.41, 5.74) is 0.0409. The molecule has 2 fully saturated rings. The standard InChI is InChI=1S/C17H20Cl2N2O3/c18-11-5-13(15(22)14(19)6-11)17(24)21-8-10-4-12(10)16(23)20-7-9-2-1-3-9/h5-6,9-10,12,22H,1-4,7-8H2,(H,20,23)(H,21,24). The Bertz CT molecular complexity index is 661. The third-order valence-corrected chi connectivity index (χ3v) is 5.35. The molecule has 0 aliphatic heterocycles. The fraction of sp³-hybridized carbons (Fsp3) is 0.529. The average molecular weight is 371 g/mol. The number of carbonyl (C=O) groups is 2. The topological polar surface area (TPSA) is 78.4 Å². The Morgan fingerprint density at radius 3 is 2.58 bits per heavy atom. The van der Waals surface area contributed by atoms with Gasteiger partial charge in [-0.25, -0.2) is 0 Å². The van der Waals surface area contributed by atoms with Crippen LogP contribution in [-0.4, -0.2) is 30.0 Å². The lowest BCUT2D eigenvalue weighted by Gasteiger charge is -2.25. The maximum Gasteiger partial charge on any atom is 0.255 e.